The number of unbranched alkanes of at least 4 members (excludes halogenated alkanes) is 13. The van der Waals surface area contributed by atoms with Gasteiger partial charge in [0.05, 0.1) is 0 Å². The molecule has 124 valence electrons. The van der Waals surface area contributed by atoms with Gasteiger partial charge in [-0.25, -0.2) is 0 Å². The van der Waals surface area contributed by atoms with Crippen LogP contribution in [0.1, 0.15) is 104 Å². The van der Waals surface area contributed by atoms with Crippen molar-refractivity contribution >= 4 is 0 Å². The second-order valence-electron chi connectivity index (χ2n) is 5.64. The second-order valence-corrected chi connectivity index (χ2v) is 5.64. The van der Waals surface area contributed by atoms with Gasteiger partial charge in [-0.2, -0.15) is 0 Å². The Morgan fingerprint density at radius 1 is 0.450 bits per heavy atom. The third-order valence-corrected chi connectivity index (χ3v) is 3.51. The van der Waals surface area contributed by atoms with Gasteiger partial charge in [-0.1, -0.05) is 90.4 Å². The summed E-state index contributed by atoms with van der Waals surface area (Å²) in [4.78, 5) is 0. The maximum Gasteiger partial charge on any atom is 0.0431 e. The van der Waals surface area contributed by atoms with Crippen molar-refractivity contribution in [1.29, 1.82) is 0 Å². The van der Waals surface area contributed by atoms with Gasteiger partial charge >= 0.3 is 0 Å². The van der Waals surface area contributed by atoms with Crippen LogP contribution in [0, 0.1) is 0 Å². The monoisotopic (exact) mass is 288 g/mol. The number of rotatable bonds is 14. The number of hydrogen-bond acceptors (Lipinski definition) is 2. The summed E-state index contributed by atoms with van der Waals surface area (Å²) in [5, 5.41) is 16.2. The lowest BCUT2D eigenvalue weighted by Crippen LogP contribution is -1.84. The quantitative estimate of drug-likeness (QED) is 0.417. The first-order valence-corrected chi connectivity index (χ1v) is 9.05. The predicted molar refractivity (Wildman–Crippen MR) is 90.2 cm³/mol. The summed E-state index contributed by atoms with van der Waals surface area (Å²) in [5.41, 5.74) is 0. The first-order valence-electron chi connectivity index (χ1n) is 9.05. The van der Waals surface area contributed by atoms with E-state index in [2.05, 4.69) is 6.92 Å². The van der Waals surface area contributed by atoms with Gasteiger partial charge in [-0.3, -0.25) is 0 Å². The lowest BCUT2D eigenvalue weighted by Gasteiger charge is -2.02. The molecule has 2 heteroatoms. The van der Waals surface area contributed by atoms with Crippen LogP contribution < -0.4 is 0 Å². The summed E-state index contributed by atoms with van der Waals surface area (Å²) < 4.78 is 0. The Balaban J connectivity index is 0. The summed E-state index contributed by atoms with van der Waals surface area (Å²) in [6.07, 6.45) is 19.2. The fourth-order valence-electron chi connectivity index (χ4n) is 2.31. The van der Waals surface area contributed by atoms with Crippen LogP contribution in [0.15, 0.2) is 0 Å². The van der Waals surface area contributed by atoms with E-state index < -0.39 is 0 Å². The van der Waals surface area contributed by atoms with Gasteiger partial charge in [0, 0.05) is 13.2 Å². The van der Waals surface area contributed by atoms with E-state index in [-0.39, 0.29) is 6.61 Å². The van der Waals surface area contributed by atoms with Crippen LogP contribution in [0.25, 0.3) is 0 Å². The van der Waals surface area contributed by atoms with Gasteiger partial charge in [0.25, 0.3) is 0 Å². The first kappa shape index (κ1) is 22.2. The van der Waals surface area contributed by atoms with E-state index in [1.807, 2.05) is 0 Å². The van der Waals surface area contributed by atoms with E-state index in [1.54, 1.807) is 6.92 Å². The van der Waals surface area contributed by atoms with Crippen molar-refractivity contribution in [2.75, 3.05) is 13.2 Å². The minimum atomic E-state index is 0.250. The van der Waals surface area contributed by atoms with Gasteiger partial charge in [0.15, 0.2) is 0 Å². The summed E-state index contributed by atoms with van der Waals surface area (Å²) in [6, 6.07) is 0. The molecule has 20 heavy (non-hydrogen) atoms. The van der Waals surface area contributed by atoms with Gasteiger partial charge in [-0.05, 0) is 13.3 Å². The molecule has 0 amide bonds. The average molecular weight is 289 g/mol. The van der Waals surface area contributed by atoms with Gasteiger partial charge in [-0.15, -0.1) is 0 Å². The molecule has 2 N–H and O–H groups in total. The van der Waals surface area contributed by atoms with Gasteiger partial charge in [0.1, 0.15) is 0 Å². The maximum atomic E-state index is 8.64. The zero-order valence-electron chi connectivity index (χ0n) is 14.2. The van der Waals surface area contributed by atoms with E-state index >= 15 is 0 Å². The molecule has 0 rings (SSSR count). The molecule has 0 saturated heterocycles. The molecule has 0 atom stereocenters. The topological polar surface area (TPSA) is 40.5 Å². The minimum absolute atomic E-state index is 0.250. The summed E-state index contributed by atoms with van der Waals surface area (Å²) in [5.74, 6) is 0. The van der Waals surface area contributed by atoms with Crippen molar-refractivity contribution < 1.29 is 10.2 Å². The Hall–Kier alpha value is -0.0800. The highest BCUT2D eigenvalue weighted by Crippen LogP contribution is 2.12. The van der Waals surface area contributed by atoms with Crippen molar-refractivity contribution in [3.05, 3.63) is 0 Å². The molecule has 0 aromatic carbocycles. The zero-order chi connectivity index (χ0) is 15.3. The molecule has 0 aliphatic carbocycles. The van der Waals surface area contributed by atoms with Crippen molar-refractivity contribution in [1.82, 2.24) is 0 Å². The van der Waals surface area contributed by atoms with Crippen molar-refractivity contribution in [3.63, 3.8) is 0 Å². The number of aliphatic hydroxyl groups is 2. The normalized spacial score (nSPS) is 10.2. The van der Waals surface area contributed by atoms with Crippen molar-refractivity contribution in [3.8, 4) is 0 Å². The minimum Gasteiger partial charge on any atom is -0.397 e. The molecule has 0 aromatic rings. The van der Waals surface area contributed by atoms with Crippen molar-refractivity contribution in [2.45, 2.75) is 104 Å². The summed E-state index contributed by atoms with van der Waals surface area (Å²) in [7, 11) is 0. The van der Waals surface area contributed by atoms with Gasteiger partial charge < -0.3 is 10.2 Å². The third kappa shape index (κ3) is 26.5. The van der Waals surface area contributed by atoms with E-state index in [0.717, 1.165) is 6.42 Å². The SMILES string of the molecule is CCCCCCCCCCCCCCCCO.CCO. The van der Waals surface area contributed by atoms with Crippen LogP contribution in [0.2, 0.25) is 0 Å². The van der Waals surface area contributed by atoms with Crippen LogP contribution in [-0.4, -0.2) is 23.4 Å². The summed E-state index contributed by atoms with van der Waals surface area (Å²) >= 11 is 0. The second kappa shape index (κ2) is 24.0. The standard InChI is InChI=1S/C16H34O.C2H6O/c1-2-3-4-5-6-7-8-9-10-11-12-13-14-15-16-17;1-2-3/h17H,2-16H2,1H3;3H,2H2,1H3. The van der Waals surface area contributed by atoms with Crippen LogP contribution in [-0.2, 0) is 0 Å². The van der Waals surface area contributed by atoms with Gasteiger partial charge in [0.2, 0.25) is 0 Å². The third-order valence-electron chi connectivity index (χ3n) is 3.51. The molecule has 0 aliphatic rings. The largest absolute Gasteiger partial charge is 0.397 e. The lowest BCUT2D eigenvalue weighted by molar-refractivity contribution is 0.282. The van der Waals surface area contributed by atoms with Crippen LogP contribution >= 0.6 is 0 Å². The smallest absolute Gasteiger partial charge is 0.0431 e. The zero-order valence-corrected chi connectivity index (χ0v) is 14.2. The number of aliphatic hydroxyl groups excluding tert-OH is 2. The van der Waals surface area contributed by atoms with Crippen LogP contribution in [0.3, 0.4) is 0 Å². The highest BCUT2D eigenvalue weighted by atomic mass is 16.3. The van der Waals surface area contributed by atoms with E-state index in [9.17, 15) is 0 Å². The fraction of sp³-hybridized carbons (Fsp3) is 1.00. The lowest BCUT2D eigenvalue weighted by atomic mass is 10.0. The van der Waals surface area contributed by atoms with E-state index in [0.29, 0.717) is 6.61 Å². The molecule has 0 aromatic heterocycles. The highest BCUT2D eigenvalue weighted by molar-refractivity contribution is 4.48. The average Bonchev–Trinajstić information content (AvgIpc) is 2.45. The predicted octanol–water partition coefficient (Wildman–Crippen LogP) is 5.46. The molecule has 0 saturated carbocycles. The Bertz CT molecular complexity index is 123. The summed E-state index contributed by atoms with van der Waals surface area (Å²) in [6.45, 7) is 4.58. The Kier molecular flexibility index (Phi) is 26.6. The van der Waals surface area contributed by atoms with Crippen molar-refractivity contribution in [2.24, 2.45) is 0 Å². The molecule has 0 unspecified atom stereocenters. The fourth-order valence-corrected chi connectivity index (χ4v) is 2.31. The Labute approximate surface area is 128 Å². The molecule has 2 nitrogen and oxygen atoms in total. The molecule has 0 heterocycles. The van der Waals surface area contributed by atoms with E-state index in [1.165, 1.54) is 83.5 Å². The van der Waals surface area contributed by atoms with Crippen LogP contribution in [0.5, 0.6) is 0 Å². The molecule has 0 fully saturated rings. The van der Waals surface area contributed by atoms with Crippen LogP contribution in [0.4, 0.5) is 0 Å². The first-order chi connectivity index (χ1) is 9.83. The molecule has 0 radical (unpaired) electrons. The number of hydrogen-bond donors (Lipinski definition) is 2. The molecular formula is C18H40O2. The molecular weight excluding hydrogens is 248 g/mol. The highest BCUT2D eigenvalue weighted by Gasteiger charge is 1.93. The maximum absolute atomic E-state index is 8.64. The Morgan fingerprint density at radius 2 is 0.700 bits per heavy atom. The molecule has 0 aliphatic heterocycles. The molecule has 0 spiro atoms. The molecule has 0 bridgehead atoms. The Morgan fingerprint density at radius 3 is 0.950 bits per heavy atom. The van der Waals surface area contributed by atoms with E-state index in [4.69, 9.17) is 10.2 Å².